The summed E-state index contributed by atoms with van der Waals surface area (Å²) in [6, 6.07) is 14.9. The van der Waals surface area contributed by atoms with E-state index in [1.807, 2.05) is 30.3 Å². The molecule has 0 aliphatic heterocycles. The Kier molecular flexibility index (Phi) is 4.20. The van der Waals surface area contributed by atoms with Crippen LogP contribution in [-0.2, 0) is 13.0 Å². The molecule has 2 aromatic carbocycles. The van der Waals surface area contributed by atoms with Gasteiger partial charge in [-0.15, -0.1) is 0 Å². The van der Waals surface area contributed by atoms with E-state index in [2.05, 4.69) is 0 Å². The average Bonchev–Trinajstić information content (AvgIpc) is 2.38. The lowest BCUT2D eigenvalue weighted by atomic mass is 10.1. The van der Waals surface area contributed by atoms with E-state index in [-0.39, 0.29) is 5.75 Å². The van der Waals surface area contributed by atoms with Gasteiger partial charge >= 0.3 is 0 Å². The molecule has 94 valence electrons. The summed E-state index contributed by atoms with van der Waals surface area (Å²) < 4.78 is 5.76. The number of hydrogen-bond donors (Lipinski definition) is 2. The van der Waals surface area contributed by atoms with E-state index in [9.17, 15) is 5.11 Å². The molecule has 0 aliphatic rings. The lowest BCUT2D eigenvalue weighted by Gasteiger charge is -2.11. The molecule has 0 fully saturated rings. The molecule has 0 bridgehead atoms. The second-order valence-corrected chi connectivity index (χ2v) is 4.10. The van der Waals surface area contributed by atoms with Crippen molar-refractivity contribution in [1.82, 2.24) is 0 Å². The largest absolute Gasteiger partial charge is 0.508 e. The predicted molar refractivity (Wildman–Crippen MR) is 71.6 cm³/mol. The summed E-state index contributed by atoms with van der Waals surface area (Å²) in [5.74, 6) is 1.11. The molecule has 0 radical (unpaired) electrons. The fourth-order valence-electron chi connectivity index (χ4n) is 1.81. The second kappa shape index (κ2) is 6.07. The molecule has 0 amide bonds. The summed E-state index contributed by atoms with van der Waals surface area (Å²) in [6.07, 6.45) is 0.802. The van der Waals surface area contributed by atoms with E-state index in [0.717, 1.165) is 23.3 Å². The van der Waals surface area contributed by atoms with Crippen LogP contribution in [0.3, 0.4) is 0 Å². The van der Waals surface area contributed by atoms with Crippen LogP contribution < -0.4 is 10.5 Å². The molecule has 0 saturated carbocycles. The van der Waals surface area contributed by atoms with Crippen molar-refractivity contribution in [2.24, 2.45) is 5.73 Å². The normalized spacial score (nSPS) is 10.3. The van der Waals surface area contributed by atoms with Gasteiger partial charge in [-0.3, -0.25) is 0 Å². The molecule has 3 heteroatoms. The molecule has 0 heterocycles. The molecule has 0 unspecified atom stereocenters. The number of phenolic OH excluding ortho intramolecular Hbond substituents is 1. The van der Waals surface area contributed by atoms with Crippen molar-refractivity contribution in [3.05, 3.63) is 59.7 Å². The highest BCUT2D eigenvalue weighted by atomic mass is 16.5. The zero-order valence-corrected chi connectivity index (χ0v) is 10.2. The van der Waals surface area contributed by atoms with Gasteiger partial charge in [0.25, 0.3) is 0 Å². The lowest BCUT2D eigenvalue weighted by molar-refractivity contribution is 0.302. The highest BCUT2D eigenvalue weighted by Gasteiger charge is 2.02. The van der Waals surface area contributed by atoms with Crippen molar-refractivity contribution in [3.8, 4) is 11.5 Å². The third-order valence-electron chi connectivity index (χ3n) is 2.69. The molecular weight excluding hydrogens is 226 g/mol. The van der Waals surface area contributed by atoms with E-state index < -0.39 is 0 Å². The van der Waals surface area contributed by atoms with Crippen LogP contribution in [0.25, 0.3) is 0 Å². The summed E-state index contributed by atoms with van der Waals surface area (Å²) >= 11 is 0. The van der Waals surface area contributed by atoms with Crippen molar-refractivity contribution in [3.63, 3.8) is 0 Å². The van der Waals surface area contributed by atoms with Gasteiger partial charge in [-0.25, -0.2) is 0 Å². The molecular formula is C15H17NO2. The van der Waals surface area contributed by atoms with Crippen molar-refractivity contribution in [2.45, 2.75) is 13.0 Å². The number of nitrogens with two attached hydrogens (primary N) is 1. The minimum absolute atomic E-state index is 0.256. The van der Waals surface area contributed by atoms with Gasteiger partial charge in [-0.1, -0.05) is 30.3 Å². The Labute approximate surface area is 107 Å². The summed E-state index contributed by atoms with van der Waals surface area (Å²) in [4.78, 5) is 0. The monoisotopic (exact) mass is 243 g/mol. The first-order valence-corrected chi connectivity index (χ1v) is 5.98. The standard InChI is InChI=1S/C15H17NO2/c16-9-8-13-5-1-2-7-15(13)18-11-12-4-3-6-14(17)10-12/h1-7,10,17H,8-9,11,16H2. The summed E-state index contributed by atoms with van der Waals surface area (Å²) in [7, 11) is 0. The highest BCUT2D eigenvalue weighted by Crippen LogP contribution is 2.20. The Morgan fingerprint density at radius 3 is 2.67 bits per heavy atom. The van der Waals surface area contributed by atoms with E-state index in [1.54, 1.807) is 18.2 Å². The molecule has 0 spiro atoms. The maximum atomic E-state index is 9.38. The summed E-state index contributed by atoms with van der Waals surface area (Å²) in [5.41, 5.74) is 7.62. The van der Waals surface area contributed by atoms with E-state index in [4.69, 9.17) is 10.5 Å². The fraction of sp³-hybridized carbons (Fsp3) is 0.200. The maximum absolute atomic E-state index is 9.38. The van der Waals surface area contributed by atoms with Crippen LogP contribution in [0.2, 0.25) is 0 Å². The minimum Gasteiger partial charge on any atom is -0.508 e. The Bertz CT molecular complexity index is 511. The van der Waals surface area contributed by atoms with E-state index in [1.165, 1.54) is 0 Å². The van der Waals surface area contributed by atoms with Gasteiger partial charge in [-0.2, -0.15) is 0 Å². The predicted octanol–water partition coefficient (Wildman–Crippen LogP) is 2.47. The molecule has 0 aliphatic carbocycles. The first kappa shape index (κ1) is 12.5. The molecule has 3 N–H and O–H groups in total. The molecule has 2 rings (SSSR count). The van der Waals surface area contributed by atoms with Crippen LogP contribution in [0.5, 0.6) is 11.5 Å². The first-order chi connectivity index (χ1) is 8.79. The molecule has 18 heavy (non-hydrogen) atoms. The Hall–Kier alpha value is -2.00. The highest BCUT2D eigenvalue weighted by molar-refractivity contribution is 5.34. The summed E-state index contributed by atoms with van der Waals surface area (Å²) in [6.45, 7) is 1.04. The lowest BCUT2D eigenvalue weighted by Crippen LogP contribution is -2.05. The van der Waals surface area contributed by atoms with E-state index in [0.29, 0.717) is 13.2 Å². The smallest absolute Gasteiger partial charge is 0.123 e. The number of aromatic hydroxyl groups is 1. The topological polar surface area (TPSA) is 55.5 Å². The van der Waals surface area contributed by atoms with Gasteiger partial charge < -0.3 is 15.6 Å². The van der Waals surface area contributed by atoms with Gasteiger partial charge in [-0.05, 0) is 42.3 Å². The zero-order valence-electron chi connectivity index (χ0n) is 10.2. The number of benzene rings is 2. The van der Waals surface area contributed by atoms with Gasteiger partial charge in [0.05, 0.1) is 0 Å². The Morgan fingerprint density at radius 1 is 1.06 bits per heavy atom. The number of ether oxygens (including phenoxy) is 1. The Balaban J connectivity index is 2.06. The average molecular weight is 243 g/mol. The van der Waals surface area contributed by atoms with Crippen molar-refractivity contribution < 1.29 is 9.84 Å². The van der Waals surface area contributed by atoms with Crippen molar-refractivity contribution >= 4 is 0 Å². The van der Waals surface area contributed by atoms with Gasteiger partial charge in [0.1, 0.15) is 18.1 Å². The third-order valence-corrected chi connectivity index (χ3v) is 2.69. The molecule has 0 aromatic heterocycles. The van der Waals surface area contributed by atoms with Crippen LogP contribution >= 0.6 is 0 Å². The van der Waals surface area contributed by atoms with Gasteiger partial charge in [0.15, 0.2) is 0 Å². The molecule has 2 aromatic rings. The van der Waals surface area contributed by atoms with Gasteiger partial charge in [0.2, 0.25) is 0 Å². The van der Waals surface area contributed by atoms with Crippen LogP contribution in [0.15, 0.2) is 48.5 Å². The number of rotatable bonds is 5. The minimum atomic E-state index is 0.256. The first-order valence-electron chi connectivity index (χ1n) is 5.98. The number of phenols is 1. The van der Waals surface area contributed by atoms with Crippen LogP contribution in [0.4, 0.5) is 0 Å². The molecule has 3 nitrogen and oxygen atoms in total. The number of para-hydroxylation sites is 1. The SMILES string of the molecule is NCCc1ccccc1OCc1cccc(O)c1. The van der Waals surface area contributed by atoms with E-state index >= 15 is 0 Å². The van der Waals surface area contributed by atoms with Gasteiger partial charge in [0, 0.05) is 0 Å². The summed E-state index contributed by atoms with van der Waals surface area (Å²) in [5, 5.41) is 9.38. The van der Waals surface area contributed by atoms with Crippen LogP contribution in [0, 0.1) is 0 Å². The van der Waals surface area contributed by atoms with Crippen LogP contribution in [-0.4, -0.2) is 11.7 Å². The van der Waals surface area contributed by atoms with Crippen LogP contribution in [0.1, 0.15) is 11.1 Å². The maximum Gasteiger partial charge on any atom is 0.123 e. The molecule has 0 atom stereocenters. The van der Waals surface area contributed by atoms with Crippen molar-refractivity contribution in [1.29, 1.82) is 0 Å². The quantitative estimate of drug-likeness (QED) is 0.848. The zero-order chi connectivity index (χ0) is 12.8. The third kappa shape index (κ3) is 3.25. The van der Waals surface area contributed by atoms with Crippen molar-refractivity contribution in [2.75, 3.05) is 6.54 Å². The number of hydrogen-bond acceptors (Lipinski definition) is 3. The second-order valence-electron chi connectivity index (χ2n) is 4.10. The fourth-order valence-corrected chi connectivity index (χ4v) is 1.81. The Morgan fingerprint density at radius 2 is 1.89 bits per heavy atom. The molecule has 0 saturated heterocycles.